The van der Waals surface area contributed by atoms with Crippen LogP contribution in [0.3, 0.4) is 0 Å². The molecule has 6 nitrogen and oxygen atoms in total. The highest BCUT2D eigenvalue weighted by Gasteiger charge is 2.12. The van der Waals surface area contributed by atoms with Gasteiger partial charge in [0.15, 0.2) is 11.5 Å². The highest BCUT2D eigenvalue weighted by atomic mass is 16.5. The van der Waals surface area contributed by atoms with E-state index >= 15 is 0 Å². The molecular weight excluding hydrogens is 524 g/mol. The Bertz CT molecular complexity index is 1220. The quantitative estimate of drug-likeness (QED) is 0.261. The Hall–Kier alpha value is -3.82. The molecule has 0 unspecified atom stereocenters. The Balaban J connectivity index is 0.000000308. The van der Waals surface area contributed by atoms with Gasteiger partial charge in [-0.25, -0.2) is 0 Å². The maximum absolute atomic E-state index is 9.19. The Kier molecular flexibility index (Phi) is 13.9. The third-order valence-electron chi connectivity index (χ3n) is 7.87. The van der Waals surface area contributed by atoms with Gasteiger partial charge in [0, 0.05) is 31.4 Å². The van der Waals surface area contributed by atoms with Crippen LogP contribution in [0.25, 0.3) is 0 Å². The number of methoxy groups -OCH3 is 2. The third-order valence-corrected chi connectivity index (χ3v) is 7.87. The standard InChI is InChI=1S/C24H34N2O3.C10H12O.C2H2/c1-4-26(21-10-13-23(27-2)24(18-21)28-3)19-20-8-11-22(12-9-20)29-17-16-25-14-6-5-7-15-25;11-10-6-5-8-3-1-2-4-9(8)7-10;1-2/h8-13,18H,4-7,14-17,19H2,1-3H3;5-7,11H,1-4H2;1-2H. The van der Waals surface area contributed by atoms with E-state index in [9.17, 15) is 5.11 Å². The molecule has 0 atom stereocenters. The predicted molar refractivity (Wildman–Crippen MR) is 173 cm³/mol. The van der Waals surface area contributed by atoms with Crippen molar-refractivity contribution in [3.05, 3.63) is 77.4 Å². The van der Waals surface area contributed by atoms with Crippen molar-refractivity contribution >= 4 is 5.69 Å². The van der Waals surface area contributed by atoms with Gasteiger partial charge in [-0.1, -0.05) is 24.6 Å². The van der Waals surface area contributed by atoms with Crippen LogP contribution in [0.1, 0.15) is 55.7 Å². The summed E-state index contributed by atoms with van der Waals surface area (Å²) in [6.45, 7) is 8.10. The molecule has 1 aliphatic carbocycles. The number of benzene rings is 3. The molecule has 1 N–H and O–H groups in total. The fraction of sp³-hybridized carbons (Fsp3) is 0.444. The molecule has 1 saturated heterocycles. The molecule has 3 aromatic rings. The van der Waals surface area contributed by atoms with Crippen LogP contribution in [-0.2, 0) is 19.4 Å². The Morgan fingerprint density at radius 1 is 0.786 bits per heavy atom. The first-order valence-corrected chi connectivity index (χ1v) is 15.1. The van der Waals surface area contributed by atoms with E-state index in [0.717, 1.165) is 55.6 Å². The molecule has 0 spiro atoms. The topological polar surface area (TPSA) is 54.4 Å². The molecule has 0 aromatic heterocycles. The van der Waals surface area contributed by atoms with Crippen molar-refractivity contribution in [2.45, 2.75) is 58.4 Å². The summed E-state index contributed by atoms with van der Waals surface area (Å²) in [6, 6.07) is 20.2. The van der Waals surface area contributed by atoms with Crippen molar-refractivity contribution in [1.82, 2.24) is 4.90 Å². The predicted octanol–water partition coefficient (Wildman–Crippen LogP) is 7.12. The summed E-state index contributed by atoms with van der Waals surface area (Å²) in [7, 11) is 3.33. The number of piperidine rings is 1. The van der Waals surface area contributed by atoms with Crippen LogP contribution in [0.15, 0.2) is 60.7 Å². The van der Waals surface area contributed by atoms with E-state index in [1.54, 1.807) is 20.3 Å². The SMILES string of the molecule is C#C.CCN(Cc1ccc(OCCN2CCCCC2)cc1)c1ccc(OC)c(OC)c1.Oc1ccc2c(c1)CCCC2. The molecule has 0 saturated carbocycles. The zero-order chi connectivity index (χ0) is 30.2. The molecule has 6 heteroatoms. The number of phenols is 1. The van der Waals surface area contributed by atoms with Gasteiger partial charge in [-0.3, -0.25) is 4.90 Å². The van der Waals surface area contributed by atoms with Gasteiger partial charge in [-0.2, -0.15) is 0 Å². The molecular formula is C36H48N2O4. The lowest BCUT2D eigenvalue weighted by Gasteiger charge is -2.26. The van der Waals surface area contributed by atoms with Crippen LogP contribution in [0.4, 0.5) is 5.69 Å². The zero-order valence-electron chi connectivity index (χ0n) is 25.7. The van der Waals surface area contributed by atoms with Crippen molar-refractivity contribution in [2.75, 3.05) is 51.9 Å². The molecule has 0 bridgehead atoms. The van der Waals surface area contributed by atoms with Crippen molar-refractivity contribution in [2.24, 2.45) is 0 Å². The van der Waals surface area contributed by atoms with Gasteiger partial charge in [-0.05, 0) is 112 Å². The fourth-order valence-electron chi connectivity index (χ4n) is 5.51. The lowest BCUT2D eigenvalue weighted by Crippen LogP contribution is -2.33. The number of terminal acetylenes is 1. The number of aromatic hydroxyl groups is 1. The molecule has 42 heavy (non-hydrogen) atoms. The van der Waals surface area contributed by atoms with Crippen molar-refractivity contribution < 1.29 is 19.3 Å². The van der Waals surface area contributed by atoms with Gasteiger partial charge in [0.2, 0.25) is 0 Å². The van der Waals surface area contributed by atoms with Crippen LogP contribution in [-0.4, -0.2) is 57.0 Å². The Morgan fingerprint density at radius 3 is 2.14 bits per heavy atom. The number of anilines is 1. The number of fused-ring (bicyclic) bond motifs is 1. The number of hydrogen-bond donors (Lipinski definition) is 1. The summed E-state index contributed by atoms with van der Waals surface area (Å²) in [6.07, 6.45) is 16.9. The van der Waals surface area contributed by atoms with Crippen molar-refractivity contribution in [3.63, 3.8) is 0 Å². The molecule has 226 valence electrons. The maximum atomic E-state index is 9.19. The van der Waals surface area contributed by atoms with E-state index in [1.807, 2.05) is 24.3 Å². The van der Waals surface area contributed by atoms with Gasteiger partial charge in [0.1, 0.15) is 18.1 Å². The summed E-state index contributed by atoms with van der Waals surface area (Å²) in [5, 5.41) is 9.19. The molecule has 0 amide bonds. The molecule has 2 aliphatic rings. The summed E-state index contributed by atoms with van der Waals surface area (Å²) in [4.78, 5) is 4.81. The Labute approximate surface area is 253 Å². The van der Waals surface area contributed by atoms with Crippen LogP contribution < -0.4 is 19.1 Å². The number of hydrogen-bond acceptors (Lipinski definition) is 6. The second-order valence-corrected chi connectivity index (χ2v) is 10.6. The highest BCUT2D eigenvalue weighted by Crippen LogP contribution is 2.32. The average Bonchev–Trinajstić information content (AvgIpc) is 3.05. The van der Waals surface area contributed by atoms with E-state index in [1.165, 1.54) is 68.3 Å². The second kappa shape index (κ2) is 17.9. The van der Waals surface area contributed by atoms with Gasteiger partial charge in [-0.15, -0.1) is 12.8 Å². The molecule has 1 heterocycles. The number of rotatable bonds is 10. The van der Waals surface area contributed by atoms with Gasteiger partial charge in [0.05, 0.1) is 14.2 Å². The second-order valence-electron chi connectivity index (χ2n) is 10.6. The molecule has 5 rings (SSSR count). The van der Waals surface area contributed by atoms with E-state index < -0.39 is 0 Å². The van der Waals surface area contributed by atoms with Crippen LogP contribution in [0.2, 0.25) is 0 Å². The van der Waals surface area contributed by atoms with Gasteiger partial charge in [0.25, 0.3) is 0 Å². The van der Waals surface area contributed by atoms with E-state index in [0.29, 0.717) is 5.75 Å². The lowest BCUT2D eigenvalue weighted by molar-refractivity contribution is 0.183. The molecule has 0 radical (unpaired) electrons. The van der Waals surface area contributed by atoms with Crippen molar-refractivity contribution in [3.8, 4) is 35.8 Å². The molecule has 1 fully saturated rings. The van der Waals surface area contributed by atoms with E-state index in [-0.39, 0.29) is 0 Å². The first-order chi connectivity index (χ1) is 20.6. The first kappa shape index (κ1) is 32.7. The number of phenolic OH excluding ortho intramolecular Hbond substituents is 1. The largest absolute Gasteiger partial charge is 0.508 e. The summed E-state index contributed by atoms with van der Waals surface area (Å²) in [5.41, 5.74) is 5.14. The normalized spacial score (nSPS) is 14.2. The number of likely N-dealkylation sites (tertiary alicyclic amines) is 1. The average molecular weight is 573 g/mol. The van der Waals surface area contributed by atoms with Gasteiger partial charge < -0.3 is 24.2 Å². The first-order valence-electron chi connectivity index (χ1n) is 15.1. The Morgan fingerprint density at radius 2 is 1.48 bits per heavy atom. The highest BCUT2D eigenvalue weighted by molar-refractivity contribution is 5.56. The van der Waals surface area contributed by atoms with E-state index in [4.69, 9.17) is 14.2 Å². The molecule has 3 aromatic carbocycles. The fourth-order valence-corrected chi connectivity index (χ4v) is 5.51. The van der Waals surface area contributed by atoms with Crippen LogP contribution >= 0.6 is 0 Å². The van der Waals surface area contributed by atoms with Gasteiger partial charge >= 0.3 is 0 Å². The zero-order valence-corrected chi connectivity index (χ0v) is 25.7. The minimum Gasteiger partial charge on any atom is -0.508 e. The smallest absolute Gasteiger partial charge is 0.162 e. The minimum absolute atomic E-state index is 0.408. The van der Waals surface area contributed by atoms with Crippen LogP contribution in [0, 0.1) is 12.8 Å². The number of aryl methyl sites for hydroxylation is 2. The number of nitrogens with zero attached hydrogens (tertiary/aromatic N) is 2. The number of ether oxygens (including phenoxy) is 3. The van der Waals surface area contributed by atoms with E-state index in [2.05, 4.69) is 59.9 Å². The third kappa shape index (κ3) is 9.92. The summed E-state index contributed by atoms with van der Waals surface area (Å²) < 4.78 is 16.7. The van der Waals surface area contributed by atoms with Crippen LogP contribution in [0.5, 0.6) is 23.0 Å². The van der Waals surface area contributed by atoms with Crippen molar-refractivity contribution in [1.29, 1.82) is 0 Å². The summed E-state index contributed by atoms with van der Waals surface area (Å²) >= 11 is 0. The minimum atomic E-state index is 0.408. The molecule has 1 aliphatic heterocycles. The monoisotopic (exact) mass is 572 g/mol. The maximum Gasteiger partial charge on any atom is 0.162 e. The lowest BCUT2D eigenvalue weighted by atomic mass is 9.92. The summed E-state index contributed by atoms with van der Waals surface area (Å²) in [5.74, 6) is 2.85.